The molecule has 0 saturated carbocycles. The van der Waals surface area contributed by atoms with Gasteiger partial charge in [-0.25, -0.2) is 19.5 Å². The van der Waals surface area contributed by atoms with Crippen molar-refractivity contribution < 1.29 is 37.6 Å². The van der Waals surface area contributed by atoms with Crippen LogP contribution in [0, 0.1) is 5.92 Å². The van der Waals surface area contributed by atoms with Gasteiger partial charge in [0, 0.05) is 10.5 Å². The van der Waals surface area contributed by atoms with E-state index in [1.54, 1.807) is 11.5 Å². The molecule has 3 rings (SSSR count). The number of imidazole rings is 1. The molecule has 1 aliphatic heterocycles. The second-order valence-electron chi connectivity index (χ2n) is 5.58. The van der Waals surface area contributed by atoms with Gasteiger partial charge in [-0.05, 0) is 4.31 Å². The van der Waals surface area contributed by atoms with Gasteiger partial charge in [-0.15, -0.1) is 4.89 Å². The van der Waals surface area contributed by atoms with Crippen LogP contribution in [0.3, 0.4) is 0 Å². The van der Waals surface area contributed by atoms with Crippen molar-refractivity contribution in [3.8, 4) is 0 Å². The number of aliphatic hydroxyl groups excluding tert-OH is 1. The number of ether oxygens (including phenoxy) is 1. The molecule has 1 fully saturated rings. The first-order valence-electron chi connectivity index (χ1n) is 7.29. The van der Waals surface area contributed by atoms with Crippen molar-refractivity contribution in [2.45, 2.75) is 25.4 Å². The second kappa shape index (κ2) is 7.22. The van der Waals surface area contributed by atoms with E-state index >= 15 is 0 Å². The van der Waals surface area contributed by atoms with Crippen LogP contribution >= 0.6 is 16.1 Å². The zero-order valence-corrected chi connectivity index (χ0v) is 15.1. The zero-order chi connectivity index (χ0) is 19.1. The standard InChI is InChI=1S/C11H15N5O8P2/c1-5-8(17)6(2-22-26(20,21)24-25(18)19)23-11(5)16-4-15-7-9(12)13-3-14-10(7)16/h3-6,8,11,17H,2H2,1H3,(H3-,12,13,14,18,19,20,21)/p+1/t5?,6-,8?,11?/m1/s1. The SMILES string of the molecule is CC1C(O)[C@@H](COP(=O)(O)O[P+](=O)O)OC1n1cnc2c(N)ncnc21. The third-order valence-corrected chi connectivity index (χ3v) is 5.78. The maximum atomic E-state index is 11.5. The van der Waals surface area contributed by atoms with Crippen LogP contribution in [-0.2, 0) is 22.7 Å². The number of aromatic nitrogens is 4. The lowest BCUT2D eigenvalue weighted by Crippen LogP contribution is -2.29. The van der Waals surface area contributed by atoms with Gasteiger partial charge in [0.1, 0.15) is 24.2 Å². The van der Waals surface area contributed by atoms with E-state index in [1.165, 1.54) is 12.7 Å². The molecule has 2 aromatic rings. The fourth-order valence-corrected chi connectivity index (χ4v) is 3.91. The Bertz CT molecular complexity index is 877. The Morgan fingerprint density at radius 3 is 2.88 bits per heavy atom. The maximum Gasteiger partial charge on any atom is 0.705 e. The lowest BCUT2D eigenvalue weighted by Gasteiger charge is -2.17. The summed E-state index contributed by atoms with van der Waals surface area (Å²) in [4.78, 5) is 29.9. The van der Waals surface area contributed by atoms with E-state index in [4.69, 9.17) is 15.4 Å². The molecule has 6 atom stereocenters. The fraction of sp³-hybridized carbons (Fsp3) is 0.545. The highest BCUT2D eigenvalue weighted by molar-refractivity contribution is 7.55. The number of nitrogen functional groups attached to an aromatic ring is 1. The highest BCUT2D eigenvalue weighted by Gasteiger charge is 2.44. The third kappa shape index (κ3) is 3.75. The zero-order valence-electron chi connectivity index (χ0n) is 13.3. The minimum Gasteiger partial charge on any atom is -0.390 e. The predicted molar refractivity (Wildman–Crippen MR) is 85.5 cm³/mol. The molecule has 26 heavy (non-hydrogen) atoms. The molecule has 1 aliphatic rings. The first-order chi connectivity index (χ1) is 12.2. The summed E-state index contributed by atoms with van der Waals surface area (Å²) in [5.74, 6) is -0.262. The molecule has 5 unspecified atom stereocenters. The average Bonchev–Trinajstić information content (AvgIpc) is 3.08. The first-order valence-corrected chi connectivity index (χ1v) is 9.92. The van der Waals surface area contributed by atoms with Crippen molar-refractivity contribution in [3.63, 3.8) is 0 Å². The van der Waals surface area contributed by atoms with Gasteiger partial charge in [0.25, 0.3) is 0 Å². The van der Waals surface area contributed by atoms with E-state index in [0.717, 1.165) is 0 Å². The maximum absolute atomic E-state index is 11.5. The van der Waals surface area contributed by atoms with Gasteiger partial charge in [-0.1, -0.05) is 6.92 Å². The smallest absolute Gasteiger partial charge is 0.390 e. The Kier molecular flexibility index (Phi) is 5.33. The largest absolute Gasteiger partial charge is 0.705 e. The molecular formula is C11H16N5O8P2+. The molecule has 13 nitrogen and oxygen atoms in total. The van der Waals surface area contributed by atoms with Crippen LogP contribution in [0.5, 0.6) is 0 Å². The van der Waals surface area contributed by atoms with Gasteiger partial charge in [-0.2, -0.15) is 0 Å². The van der Waals surface area contributed by atoms with Crippen molar-refractivity contribution in [1.29, 1.82) is 0 Å². The highest BCUT2D eigenvalue weighted by atomic mass is 31.2. The van der Waals surface area contributed by atoms with E-state index in [0.29, 0.717) is 11.2 Å². The summed E-state index contributed by atoms with van der Waals surface area (Å²) in [6.07, 6.45) is -0.0521. The van der Waals surface area contributed by atoms with Gasteiger partial charge in [0.2, 0.25) is 0 Å². The summed E-state index contributed by atoms with van der Waals surface area (Å²) in [6, 6.07) is 0. The van der Waals surface area contributed by atoms with Crippen LogP contribution in [0.1, 0.15) is 13.2 Å². The number of nitrogens with zero attached hydrogens (tertiary/aromatic N) is 4. The van der Waals surface area contributed by atoms with Crippen LogP contribution in [0.15, 0.2) is 12.7 Å². The van der Waals surface area contributed by atoms with Gasteiger partial charge >= 0.3 is 16.1 Å². The number of hydrogen-bond acceptors (Lipinski definition) is 10. The molecule has 1 saturated heterocycles. The average molecular weight is 408 g/mol. The van der Waals surface area contributed by atoms with Gasteiger partial charge in [-0.3, -0.25) is 14.0 Å². The predicted octanol–water partition coefficient (Wildman–Crippen LogP) is 0.0862. The third-order valence-electron chi connectivity index (χ3n) is 3.92. The number of anilines is 1. The summed E-state index contributed by atoms with van der Waals surface area (Å²) in [5.41, 5.74) is 6.51. The number of aliphatic hydroxyl groups is 1. The highest BCUT2D eigenvalue weighted by Crippen LogP contribution is 2.51. The summed E-state index contributed by atoms with van der Waals surface area (Å²) in [7, 11) is -8.08. The van der Waals surface area contributed by atoms with E-state index in [1.807, 2.05) is 0 Å². The van der Waals surface area contributed by atoms with E-state index in [9.17, 15) is 19.1 Å². The normalized spacial score (nSPS) is 29.0. The fourth-order valence-electron chi connectivity index (χ4n) is 2.68. The van der Waals surface area contributed by atoms with E-state index < -0.39 is 47.0 Å². The Hall–Kier alpha value is -1.56. The lowest BCUT2D eigenvalue weighted by atomic mass is 10.0. The molecular weight excluding hydrogens is 392 g/mol. The van der Waals surface area contributed by atoms with Crippen molar-refractivity contribution in [2.75, 3.05) is 12.3 Å². The molecule has 2 aromatic heterocycles. The van der Waals surface area contributed by atoms with Crippen molar-refractivity contribution >= 4 is 33.1 Å². The number of phosphoric ester groups is 1. The Morgan fingerprint density at radius 2 is 2.19 bits per heavy atom. The van der Waals surface area contributed by atoms with Crippen molar-refractivity contribution in [3.05, 3.63) is 12.7 Å². The Morgan fingerprint density at radius 1 is 1.46 bits per heavy atom. The first kappa shape index (κ1) is 19.2. The summed E-state index contributed by atoms with van der Waals surface area (Å²) < 4.78 is 37.7. The van der Waals surface area contributed by atoms with Gasteiger partial charge in [0.05, 0.1) is 19.0 Å². The number of fused-ring (bicyclic) bond motifs is 1. The second-order valence-corrected chi connectivity index (χ2v) is 7.91. The molecule has 0 bridgehead atoms. The molecule has 0 spiro atoms. The van der Waals surface area contributed by atoms with Crippen molar-refractivity contribution in [1.82, 2.24) is 19.5 Å². The van der Waals surface area contributed by atoms with Crippen LogP contribution in [0.2, 0.25) is 0 Å². The molecule has 0 radical (unpaired) electrons. The molecule has 15 heteroatoms. The molecule has 5 N–H and O–H groups in total. The molecule has 3 heterocycles. The van der Waals surface area contributed by atoms with Crippen LogP contribution in [0.4, 0.5) is 5.82 Å². The number of nitrogens with two attached hydrogens (primary N) is 1. The summed E-state index contributed by atoms with van der Waals surface area (Å²) in [5, 5.41) is 10.3. The topological polar surface area (TPSA) is 192 Å². The van der Waals surface area contributed by atoms with Crippen LogP contribution in [-0.4, -0.2) is 53.2 Å². The molecule has 0 aromatic carbocycles. The molecule has 0 aliphatic carbocycles. The molecule has 0 amide bonds. The summed E-state index contributed by atoms with van der Waals surface area (Å²) in [6.45, 7) is 1.16. The van der Waals surface area contributed by atoms with Crippen LogP contribution in [0.25, 0.3) is 11.2 Å². The minimum atomic E-state index is -4.75. The van der Waals surface area contributed by atoms with Crippen LogP contribution < -0.4 is 5.73 Å². The Balaban J connectivity index is 1.76. The minimum absolute atomic E-state index is 0.191. The Labute approximate surface area is 147 Å². The summed E-state index contributed by atoms with van der Waals surface area (Å²) >= 11 is 0. The molecule has 142 valence electrons. The monoisotopic (exact) mass is 408 g/mol. The van der Waals surface area contributed by atoms with E-state index in [-0.39, 0.29) is 5.82 Å². The quantitative estimate of drug-likeness (QED) is 0.471. The van der Waals surface area contributed by atoms with Gasteiger partial charge in [0.15, 0.2) is 11.5 Å². The number of phosphoric acid groups is 1. The number of hydrogen-bond donors (Lipinski definition) is 4. The number of rotatable bonds is 6. The van der Waals surface area contributed by atoms with Gasteiger partial charge < -0.3 is 15.6 Å². The van der Waals surface area contributed by atoms with E-state index in [2.05, 4.69) is 23.8 Å². The lowest BCUT2D eigenvalue weighted by molar-refractivity contribution is -0.0435. The van der Waals surface area contributed by atoms with Crippen molar-refractivity contribution in [2.24, 2.45) is 5.92 Å².